The second kappa shape index (κ2) is 8.64. The Morgan fingerprint density at radius 1 is 1.03 bits per heavy atom. The van der Waals surface area contributed by atoms with Crippen LogP contribution in [0.15, 0.2) is 54.6 Å². The standard InChI is InChI=1S/C21H23N5O3/c1-13(2)18(26-24-19(23-25-26)15-8-5-4-6-9-15)20(27)22-17-11-7-10-16(12-17)14(3)21(28)29/h4-14,18H,1-3H3,(H,22,27)(H,28,29). The van der Waals surface area contributed by atoms with Gasteiger partial charge in [-0.05, 0) is 35.8 Å². The Morgan fingerprint density at radius 3 is 2.41 bits per heavy atom. The van der Waals surface area contributed by atoms with Gasteiger partial charge in [-0.15, -0.1) is 10.2 Å². The summed E-state index contributed by atoms with van der Waals surface area (Å²) in [4.78, 5) is 25.5. The van der Waals surface area contributed by atoms with Gasteiger partial charge in [0, 0.05) is 11.3 Å². The van der Waals surface area contributed by atoms with Crippen molar-refractivity contribution in [3.05, 3.63) is 60.2 Å². The minimum atomic E-state index is -0.922. The minimum Gasteiger partial charge on any atom is -0.481 e. The number of carboxylic acid groups (broad SMARTS) is 1. The van der Waals surface area contributed by atoms with E-state index in [0.717, 1.165) is 5.56 Å². The molecule has 0 saturated heterocycles. The number of hydrogen-bond acceptors (Lipinski definition) is 5. The van der Waals surface area contributed by atoms with Crippen LogP contribution in [-0.2, 0) is 9.59 Å². The lowest BCUT2D eigenvalue weighted by atomic mass is 10.0. The SMILES string of the molecule is CC(C(=O)O)c1cccc(NC(=O)C(C(C)C)n2nnc(-c3ccccc3)n2)c1. The molecule has 2 aromatic carbocycles. The van der Waals surface area contributed by atoms with Gasteiger partial charge in [-0.1, -0.05) is 56.3 Å². The molecule has 3 aromatic rings. The largest absolute Gasteiger partial charge is 0.481 e. The third-order valence-corrected chi connectivity index (χ3v) is 4.63. The number of carboxylic acids is 1. The highest BCUT2D eigenvalue weighted by atomic mass is 16.4. The van der Waals surface area contributed by atoms with Crippen molar-refractivity contribution in [1.29, 1.82) is 0 Å². The lowest BCUT2D eigenvalue weighted by Gasteiger charge is -2.19. The highest BCUT2D eigenvalue weighted by molar-refractivity contribution is 5.94. The Kier molecular flexibility index (Phi) is 6.01. The monoisotopic (exact) mass is 393 g/mol. The summed E-state index contributed by atoms with van der Waals surface area (Å²) in [6, 6.07) is 15.6. The topological polar surface area (TPSA) is 110 Å². The quantitative estimate of drug-likeness (QED) is 0.637. The normalized spacial score (nSPS) is 13.1. The molecule has 2 atom stereocenters. The molecule has 29 heavy (non-hydrogen) atoms. The fourth-order valence-electron chi connectivity index (χ4n) is 2.96. The highest BCUT2D eigenvalue weighted by Gasteiger charge is 2.27. The summed E-state index contributed by atoms with van der Waals surface area (Å²) >= 11 is 0. The van der Waals surface area contributed by atoms with Crippen LogP contribution in [0.25, 0.3) is 11.4 Å². The van der Waals surface area contributed by atoms with Crippen LogP contribution < -0.4 is 5.32 Å². The maximum absolute atomic E-state index is 13.0. The Hall–Kier alpha value is -3.55. The molecule has 1 amide bonds. The summed E-state index contributed by atoms with van der Waals surface area (Å²) in [5.74, 6) is -1.53. The van der Waals surface area contributed by atoms with Crippen LogP contribution in [0.5, 0.6) is 0 Å². The molecule has 0 radical (unpaired) electrons. The number of anilines is 1. The van der Waals surface area contributed by atoms with Crippen LogP contribution in [-0.4, -0.2) is 37.2 Å². The van der Waals surface area contributed by atoms with E-state index in [1.54, 1.807) is 31.2 Å². The molecule has 0 aliphatic carbocycles. The van der Waals surface area contributed by atoms with Crippen LogP contribution in [0.1, 0.15) is 38.3 Å². The minimum absolute atomic E-state index is 0.0889. The summed E-state index contributed by atoms with van der Waals surface area (Å²) < 4.78 is 0. The molecule has 0 spiro atoms. The molecule has 1 aromatic heterocycles. The van der Waals surface area contributed by atoms with E-state index >= 15 is 0 Å². The predicted molar refractivity (Wildman–Crippen MR) is 108 cm³/mol. The second-order valence-electron chi connectivity index (χ2n) is 7.16. The molecule has 0 bridgehead atoms. The van der Waals surface area contributed by atoms with E-state index in [2.05, 4.69) is 20.7 Å². The van der Waals surface area contributed by atoms with Crippen LogP contribution in [0.4, 0.5) is 5.69 Å². The van der Waals surface area contributed by atoms with E-state index in [0.29, 0.717) is 17.1 Å². The van der Waals surface area contributed by atoms with Crippen LogP contribution in [0.2, 0.25) is 0 Å². The molecule has 2 N–H and O–H groups in total. The van der Waals surface area contributed by atoms with Crippen molar-refractivity contribution < 1.29 is 14.7 Å². The molecule has 0 fully saturated rings. The predicted octanol–water partition coefficient (Wildman–Crippen LogP) is 3.36. The summed E-state index contributed by atoms with van der Waals surface area (Å²) in [7, 11) is 0. The van der Waals surface area contributed by atoms with Gasteiger partial charge in [0.25, 0.3) is 5.91 Å². The highest BCUT2D eigenvalue weighted by Crippen LogP contribution is 2.23. The van der Waals surface area contributed by atoms with Crippen molar-refractivity contribution in [1.82, 2.24) is 20.2 Å². The summed E-state index contributed by atoms with van der Waals surface area (Å²) in [6.07, 6.45) is 0. The first-order valence-corrected chi connectivity index (χ1v) is 9.35. The average molecular weight is 393 g/mol. The zero-order chi connectivity index (χ0) is 21.0. The zero-order valence-corrected chi connectivity index (χ0v) is 16.5. The first-order chi connectivity index (χ1) is 13.9. The summed E-state index contributed by atoms with van der Waals surface area (Å²) in [5, 5.41) is 24.6. The van der Waals surface area contributed by atoms with Crippen molar-refractivity contribution in [2.75, 3.05) is 5.32 Å². The van der Waals surface area contributed by atoms with Gasteiger partial charge in [0.05, 0.1) is 5.92 Å². The molecule has 8 nitrogen and oxygen atoms in total. The molecule has 0 saturated carbocycles. The first-order valence-electron chi connectivity index (χ1n) is 9.35. The number of carbonyl (C=O) groups is 2. The molecule has 150 valence electrons. The molecule has 0 aliphatic heterocycles. The van der Waals surface area contributed by atoms with Crippen molar-refractivity contribution in [3.8, 4) is 11.4 Å². The van der Waals surface area contributed by atoms with E-state index in [1.165, 1.54) is 4.80 Å². The fourth-order valence-corrected chi connectivity index (χ4v) is 2.96. The molecule has 3 rings (SSSR count). The van der Waals surface area contributed by atoms with E-state index in [9.17, 15) is 14.7 Å². The smallest absolute Gasteiger partial charge is 0.310 e. The number of rotatable bonds is 7. The Bertz CT molecular complexity index is 1000. The number of nitrogens with zero attached hydrogens (tertiary/aromatic N) is 4. The van der Waals surface area contributed by atoms with Crippen molar-refractivity contribution in [2.45, 2.75) is 32.7 Å². The Balaban J connectivity index is 1.82. The number of carbonyl (C=O) groups excluding carboxylic acids is 1. The van der Waals surface area contributed by atoms with Gasteiger partial charge in [-0.3, -0.25) is 9.59 Å². The maximum atomic E-state index is 13.0. The summed E-state index contributed by atoms with van der Waals surface area (Å²) in [5.41, 5.74) is 1.95. The van der Waals surface area contributed by atoms with Gasteiger partial charge < -0.3 is 10.4 Å². The fraction of sp³-hybridized carbons (Fsp3) is 0.286. The number of tetrazole rings is 1. The molecule has 1 heterocycles. The third kappa shape index (κ3) is 4.66. The maximum Gasteiger partial charge on any atom is 0.310 e. The van der Waals surface area contributed by atoms with Crippen LogP contribution >= 0.6 is 0 Å². The van der Waals surface area contributed by atoms with Crippen molar-refractivity contribution >= 4 is 17.6 Å². The molecular formula is C21H23N5O3. The number of aromatic nitrogens is 4. The number of hydrogen-bond donors (Lipinski definition) is 2. The van der Waals surface area contributed by atoms with Crippen molar-refractivity contribution in [3.63, 3.8) is 0 Å². The van der Waals surface area contributed by atoms with E-state index in [1.807, 2.05) is 44.2 Å². The lowest BCUT2D eigenvalue weighted by Crippen LogP contribution is -2.31. The number of nitrogens with one attached hydrogen (secondary N) is 1. The van der Waals surface area contributed by atoms with Gasteiger partial charge in [0.2, 0.25) is 5.82 Å². The number of amides is 1. The van der Waals surface area contributed by atoms with E-state index in [4.69, 9.17) is 0 Å². The van der Waals surface area contributed by atoms with E-state index in [-0.39, 0.29) is 11.8 Å². The van der Waals surface area contributed by atoms with Gasteiger partial charge in [0.1, 0.15) is 0 Å². The average Bonchev–Trinajstić information content (AvgIpc) is 3.17. The lowest BCUT2D eigenvalue weighted by molar-refractivity contribution is -0.138. The molecular weight excluding hydrogens is 370 g/mol. The number of benzene rings is 2. The molecule has 2 unspecified atom stereocenters. The van der Waals surface area contributed by atoms with Gasteiger partial charge in [0.15, 0.2) is 6.04 Å². The first kappa shape index (κ1) is 20.2. The molecule has 8 heteroatoms. The van der Waals surface area contributed by atoms with Crippen LogP contribution in [0, 0.1) is 5.92 Å². The van der Waals surface area contributed by atoms with Gasteiger partial charge in [-0.2, -0.15) is 4.80 Å². The van der Waals surface area contributed by atoms with Crippen LogP contribution in [0.3, 0.4) is 0 Å². The second-order valence-corrected chi connectivity index (χ2v) is 7.16. The van der Waals surface area contributed by atoms with Gasteiger partial charge in [-0.25, -0.2) is 0 Å². The summed E-state index contributed by atoms with van der Waals surface area (Å²) in [6.45, 7) is 5.40. The molecule has 0 aliphatic rings. The Labute approximate surface area is 168 Å². The number of aliphatic carboxylic acids is 1. The van der Waals surface area contributed by atoms with Crippen molar-refractivity contribution in [2.24, 2.45) is 5.92 Å². The zero-order valence-electron chi connectivity index (χ0n) is 16.5. The van der Waals surface area contributed by atoms with E-state index < -0.39 is 17.9 Å². The van der Waals surface area contributed by atoms with Gasteiger partial charge >= 0.3 is 5.97 Å². The third-order valence-electron chi connectivity index (χ3n) is 4.63. The Morgan fingerprint density at radius 2 is 1.76 bits per heavy atom.